The minimum atomic E-state index is -4.10. The summed E-state index contributed by atoms with van der Waals surface area (Å²) in [5.41, 5.74) is 0.894. The van der Waals surface area contributed by atoms with E-state index in [1.165, 1.54) is 12.1 Å². The Morgan fingerprint density at radius 3 is 2.42 bits per heavy atom. The van der Waals surface area contributed by atoms with Crippen LogP contribution in [0.3, 0.4) is 0 Å². The van der Waals surface area contributed by atoms with E-state index in [9.17, 15) is 12.8 Å². The van der Waals surface area contributed by atoms with Crippen molar-refractivity contribution in [2.24, 2.45) is 0 Å². The molecule has 0 N–H and O–H groups in total. The number of likely N-dealkylation sites (tertiary alicyclic amines) is 1. The molecule has 36 heavy (non-hydrogen) atoms. The number of piperidine rings is 1. The Labute approximate surface area is 210 Å². The van der Waals surface area contributed by atoms with Crippen molar-refractivity contribution in [1.29, 1.82) is 0 Å². The van der Waals surface area contributed by atoms with Gasteiger partial charge in [0.1, 0.15) is 17.2 Å². The second kappa shape index (κ2) is 10.3. The Bertz CT molecular complexity index is 1300. The molecule has 2 aliphatic rings. The lowest BCUT2D eigenvalue weighted by Gasteiger charge is -2.52. The zero-order valence-electron chi connectivity index (χ0n) is 19.9. The van der Waals surface area contributed by atoms with Gasteiger partial charge in [-0.25, -0.2) is 17.2 Å². The van der Waals surface area contributed by atoms with Gasteiger partial charge in [0.2, 0.25) is 0 Å². The minimum Gasteiger partial charge on any atom is -0.488 e. The van der Waals surface area contributed by atoms with Crippen molar-refractivity contribution in [1.82, 2.24) is 4.90 Å². The van der Waals surface area contributed by atoms with Crippen molar-refractivity contribution < 1.29 is 26.7 Å². The summed E-state index contributed by atoms with van der Waals surface area (Å²) < 4.78 is 68.6. The highest BCUT2D eigenvalue weighted by molar-refractivity contribution is 7.92. The number of ether oxygens (including phenoxy) is 2. The first-order valence-electron chi connectivity index (χ1n) is 12.2. The van der Waals surface area contributed by atoms with E-state index < -0.39 is 32.3 Å². The predicted molar refractivity (Wildman–Crippen MR) is 132 cm³/mol. The Kier molecular flexibility index (Phi) is 7.10. The average Bonchev–Trinajstić information content (AvgIpc) is 2.91. The van der Waals surface area contributed by atoms with Gasteiger partial charge in [-0.3, -0.25) is 4.90 Å². The molecule has 0 bridgehead atoms. The fraction of sp³-hybridized carbons (Fsp3) is 0.357. The maximum Gasteiger partial charge on any atom is 0.190 e. The zero-order valence-corrected chi connectivity index (χ0v) is 20.7. The van der Waals surface area contributed by atoms with E-state index in [1.807, 2.05) is 35.2 Å². The van der Waals surface area contributed by atoms with E-state index in [0.29, 0.717) is 39.1 Å². The first-order chi connectivity index (χ1) is 17.4. The van der Waals surface area contributed by atoms with Crippen molar-refractivity contribution in [3.63, 3.8) is 0 Å². The lowest BCUT2D eigenvalue weighted by Crippen LogP contribution is -2.63. The van der Waals surface area contributed by atoms with Gasteiger partial charge in [-0.2, -0.15) is 0 Å². The summed E-state index contributed by atoms with van der Waals surface area (Å²) in [6.07, 6.45) is 1.39. The fourth-order valence-corrected chi connectivity index (χ4v) is 7.97. The Balaban J connectivity index is 1.45. The third-order valence-corrected chi connectivity index (χ3v) is 9.75. The van der Waals surface area contributed by atoms with Crippen LogP contribution in [0.15, 0.2) is 77.7 Å². The Hall–Kier alpha value is -2.81. The van der Waals surface area contributed by atoms with E-state index >= 15 is 4.39 Å². The van der Waals surface area contributed by atoms with Crippen molar-refractivity contribution in [3.8, 4) is 5.75 Å². The van der Waals surface area contributed by atoms with Crippen LogP contribution >= 0.6 is 0 Å². The van der Waals surface area contributed by atoms with Gasteiger partial charge in [-0.15, -0.1) is 0 Å². The van der Waals surface area contributed by atoms with Gasteiger partial charge in [0, 0.05) is 13.2 Å². The van der Waals surface area contributed by atoms with Gasteiger partial charge in [-0.1, -0.05) is 48.5 Å². The van der Waals surface area contributed by atoms with E-state index in [2.05, 4.69) is 0 Å². The molecule has 0 spiro atoms. The zero-order chi connectivity index (χ0) is 25.2. The highest BCUT2D eigenvalue weighted by Gasteiger charge is 2.60. The summed E-state index contributed by atoms with van der Waals surface area (Å²) in [7, 11) is -4.10. The molecule has 0 radical (unpaired) electrons. The molecular formula is C28H29F2NO4S. The van der Waals surface area contributed by atoms with E-state index in [0.717, 1.165) is 17.7 Å². The monoisotopic (exact) mass is 513 g/mol. The van der Waals surface area contributed by atoms with E-state index in [4.69, 9.17) is 9.47 Å². The van der Waals surface area contributed by atoms with Crippen LogP contribution in [0.1, 0.15) is 30.4 Å². The molecule has 2 heterocycles. The van der Waals surface area contributed by atoms with Gasteiger partial charge >= 0.3 is 0 Å². The van der Waals surface area contributed by atoms with Crippen LogP contribution in [0.2, 0.25) is 0 Å². The molecule has 190 valence electrons. The molecule has 2 aliphatic heterocycles. The molecule has 3 aromatic carbocycles. The maximum atomic E-state index is 15.4. The van der Waals surface area contributed by atoms with Gasteiger partial charge in [0.15, 0.2) is 21.4 Å². The SMILES string of the molecule is O=S(=O)(c1ccccc1)[C@@]12CCCN(CCCOCc3ccccc3)C1COc1c(F)ccc(F)c12. The number of nitrogens with zero attached hydrogens (tertiary/aromatic N) is 1. The number of rotatable bonds is 8. The molecule has 0 aromatic heterocycles. The molecule has 0 aliphatic carbocycles. The van der Waals surface area contributed by atoms with Crippen LogP contribution in [-0.4, -0.2) is 45.7 Å². The maximum absolute atomic E-state index is 15.4. The van der Waals surface area contributed by atoms with Crippen LogP contribution in [0.5, 0.6) is 5.75 Å². The number of hydrogen-bond donors (Lipinski definition) is 0. The molecule has 2 atom stereocenters. The predicted octanol–water partition coefficient (Wildman–Crippen LogP) is 5.10. The van der Waals surface area contributed by atoms with Gasteiger partial charge in [0.25, 0.3) is 0 Å². The minimum absolute atomic E-state index is 0.0374. The molecule has 1 saturated heterocycles. The average molecular weight is 514 g/mol. The van der Waals surface area contributed by atoms with Crippen molar-refractivity contribution in [3.05, 3.63) is 95.6 Å². The lowest BCUT2D eigenvalue weighted by molar-refractivity contribution is 0.0336. The van der Waals surface area contributed by atoms with E-state index in [1.54, 1.807) is 18.2 Å². The fourth-order valence-electron chi connectivity index (χ4n) is 5.58. The quantitative estimate of drug-likeness (QED) is 0.393. The van der Waals surface area contributed by atoms with Gasteiger partial charge < -0.3 is 9.47 Å². The summed E-state index contributed by atoms with van der Waals surface area (Å²) in [6, 6.07) is 19.3. The van der Waals surface area contributed by atoms with Gasteiger partial charge in [-0.05, 0) is 55.6 Å². The van der Waals surface area contributed by atoms with Crippen LogP contribution in [0.25, 0.3) is 0 Å². The normalized spacial score (nSPS) is 21.9. The first kappa shape index (κ1) is 24.9. The first-order valence-corrected chi connectivity index (χ1v) is 13.7. The number of sulfone groups is 1. The standard InChI is InChI=1S/C28H29F2NO4S/c29-23-13-14-24(30)27-26(23)28(36(32,33)22-11-5-2-6-12-22)15-7-16-31(25(28)20-35-27)17-8-18-34-19-21-9-3-1-4-10-21/h1-6,9-14,25H,7-8,15-20H2/t25?,28-/m0/s1. The summed E-state index contributed by atoms with van der Waals surface area (Å²) in [4.78, 5) is 2.14. The number of hydrogen-bond acceptors (Lipinski definition) is 5. The van der Waals surface area contributed by atoms with Gasteiger partial charge in [0.05, 0.1) is 23.1 Å². The second-order valence-electron chi connectivity index (χ2n) is 9.30. The molecule has 0 amide bonds. The van der Waals surface area contributed by atoms with E-state index in [-0.39, 0.29) is 29.2 Å². The summed E-state index contributed by atoms with van der Waals surface area (Å²) >= 11 is 0. The highest BCUT2D eigenvalue weighted by Crippen LogP contribution is 2.53. The smallest absolute Gasteiger partial charge is 0.190 e. The summed E-state index contributed by atoms with van der Waals surface area (Å²) in [5, 5.41) is 0. The number of benzene rings is 3. The van der Waals surface area contributed by atoms with Crippen molar-refractivity contribution >= 4 is 9.84 Å². The van der Waals surface area contributed by atoms with Crippen molar-refractivity contribution in [2.75, 3.05) is 26.3 Å². The number of halogens is 2. The lowest BCUT2D eigenvalue weighted by atomic mass is 9.80. The van der Waals surface area contributed by atoms with Crippen LogP contribution in [0, 0.1) is 11.6 Å². The van der Waals surface area contributed by atoms with Crippen LogP contribution in [-0.2, 0) is 25.9 Å². The molecule has 1 unspecified atom stereocenters. The Morgan fingerprint density at radius 2 is 1.67 bits per heavy atom. The summed E-state index contributed by atoms with van der Waals surface area (Å²) in [5.74, 6) is -1.80. The molecule has 1 fully saturated rings. The third kappa shape index (κ3) is 4.31. The molecule has 5 nitrogen and oxygen atoms in total. The second-order valence-corrected chi connectivity index (χ2v) is 11.5. The topological polar surface area (TPSA) is 55.8 Å². The molecule has 5 rings (SSSR count). The van der Waals surface area contributed by atoms with Crippen LogP contribution in [0.4, 0.5) is 8.78 Å². The van der Waals surface area contributed by atoms with Crippen molar-refractivity contribution in [2.45, 2.75) is 41.6 Å². The molecule has 8 heteroatoms. The molecule has 3 aromatic rings. The summed E-state index contributed by atoms with van der Waals surface area (Å²) in [6.45, 7) is 2.16. The Morgan fingerprint density at radius 1 is 0.972 bits per heavy atom. The highest BCUT2D eigenvalue weighted by atomic mass is 32.2. The number of fused-ring (bicyclic) bond motifs is 3. The largest absolute Gasteiger partial charge is 0.488 e. The molecular weight excluding hydrogens is 484 g/mol. The molecule has 0 saturated carbocycles. The third-order valence-electron chi connectivity index (χ3n) is 7.22. The van der Waals surface area contributed by atoms with Crippen LogP contribution < -0.4 is 4.74 Å².